The molecule has 0 fully saturated rings. The third kappa shape index (κ3) is 5.87. The Hall–Kier alpha value is -4.43. The van der Waals surface area contributed by atoms with E-state index in [2.05, 4.69) is 5.32 Å². The Bertz CT molecular complexity index is 1520. The predicted molar refractivity (Wildman–Crippen MR) is 144 cm³/mol. The highest BCUT2D eigenvalue weighted by Crippen LogP contribution is 2.30. The number of ether oxygens (including phenoxy) is 1. The van der Waals surface area contributed by atoms with Crippen LogP contribution in [0.25, 0.3) is 0 Å². The molecule has 0 spiro atoms. The highest BCUT2D eigenvalue weighted by atomic mass is 32.2. The van der Waals surface area contributed by atoms with Crippen LogP contribution in [0.2, 0.25) is 0 Å². The molecule has 1 amide bonds. The number of carbonyl (C=O) groups is 2. The molecule has 0 radical (unpaired) electrons. The maximum atomic E-state index is 13.9. The summed E-state index contributed by atoms with van der Waals surface area (Å²) in [5.41, 5.74) is 2.04. The lowest BCUT2D eigenvalue weighted by Gasteiger charge is -2.26. The van der Waals surface area contributed by atoms with Gasteiger partial charge in [-0.15, -0.1) is 0 Å². The monoisotopic (exact) mass is 514 g/mol. The number of hydrogen-bond acceptors (Lipinski definition) is 5. The molecule has 0 heterocycles. The van der Waals surface area contributed by atoms with Crippen LogP contribution in [-0.4, -0.2) is 27.2 Å². The van der Waals surface area contributed by atoms with Crippen molar-refractivity contribution in [3.63, 3.8) is 0 Å². The minimum absolute atomic E-state index is 0.0132. The highest BCUT2D eigenvalue weighted by Gasteiger charge is 2.29. The lowest BCUT2D eigenvalue weighted by molar-refractivity contribution is 0.101. The molecule has 1 N–H and O–H groups in total. The minimum Gasteiger partial charge on any atom is -0.497 e. The van der Waals surface area contributed by atoms with Crippen molar-refractivity contribution in [3.05, 3.63) is 120 Å². The van der Waals surface area contributed by atoms with E-state index in [0.29, 0.717) is 17.0 Å². The van der Waals surface area contributed by atoms with Gasteiger partial charge in [0.15, 0.2) is 5.78 Å². The quantitative estimate of drug-likeness (QED) is 0.296. The molecule has 0 bridgehead atoms. The van der Waals surface area contributed by atoms with Crippen LogP contribution in [0.1, 0.15) is 33.2 Å². The number of Topliss-reactive ketones (excluding diaryl/α,β-unsaturated/α-hetero) is 1. The molecular weight excluding hydrogens is 488 g/mol. The van der Waals surface area contributed by atoms with Gasteiger partial charge >= 0.3 is 0 Å². The molecule has 0 aromatic heterocycles. The van der Waals surface area contributed by atoms with E-state index >= 15 is 0 Å². The van der Waals surface area contributed by atoms with Gasteiger partial charge in [-0.2, -0.15) is 0 Å². The Balaban J connectivity index is 1.77. The van der Waals surface area contributed by atoms with Gasteiger partial charge in [0.2, 0.25) is 0 Å². The second kappa shape index (κ2) is 11.1. The van der Waals surface area contributed by atoms with Gasteiger partial charge in [0.25, 0.3) is 15.9 Å². The fraction of sp³-hybridized carbons (Fsp3) is 0.103. The van der Waals surface area contributed by atoms with Crippen molar-refractivity contribution >= 4 is 33.1 Å². The van der Waals surface area contributed by atoms with Crippen molar-refractivity contribution < 1.29 is 22.7 Å². The number of carbonyl (C=O) groups excluding carboxylic acids is 2. The molecule has 0 saturated carbocycles. The van der Waals surface area contributed by atoms with E-state index < -0.39 is 15.9 Å². The zero-order valence-electron chi connectivity index (χ0n) is 20.4. The Labute approximate surface area is 216 Å². The number of sulfonamides is 1. The summed E-state index contributed by atoms with van der Waals surface area (Å²) in [7, 11) is -2.56. The number of methoxy groups -OCH3 is 1. The summed E-state index contributed by atoms with van der Waals surface area (Å²) in [6.45, 7) is 1.46. The Kier molecular flexibility index (Phi) is 7.69. The molecule has 4 aromatic rings. The topological polar surface area (TPSA) is 92.8 Å². The van der Waals surface area contributed by atoms with Crippen LogP contribution >= 0.6 is 0 Å². The summed E-state index contributed by atoms with van der Waals surface area (Å²) in [5.74, 6) is -0.100. The molecule has 0 aliphatic carbocycles. The van der Waals surface area contributed by atoms with Crippen LogP contribution in [-0.2, 0) is 16.6 Å². The van der Waals surface area contributed by atoms with E-state index in [9.17, 15) is 18.0 Å². The number of amides is 1. The van der Waals surface area contributed by atoms with Crippen molar-refractivity contribution in [3.8, 4) is 5.75 Å². The van der Waals surface area contributed by atoms with Crippen molar-refractivity contribution in [1.29, 1.82) is 0 Å². The maximum absolute atomic E-state index is 13.9. The predicted octanol–water partition coefficient (Wildman–Crippen LogP) is 5.55. The molecule has 0 aliphatic heterocycles. The number of anilines is 2. The Morgan fingerprint density at radius 3 is 2.19 bits per heavy atom. The van der Waals surface area contributed by atoms with Crippen molar-refractivity contribution in [1.82, 2.24) is 0 Å². The van der Waals surface area contributed by atoms with Crippen LogP contribution in [0.5, 0.6) is 5.75 Å². The molecule has 0 unspecified atom stereocenters. The van der Waals surface area contributed by atoms with Gasteiger partial charge in [-0.05, 0) is 61.0 Å². The molecular formula is C29H26N2O5S. The number of para-hydroxylation sites is 1. The summed E-state index contributed by atoms with van der Waals surface area (Å²) in [5, 5.41) is 2.79. The first kappa shape index (κ1) is 25.7. The van der Waals surface area contributed by atoms with Crippen LogP contribution < -0.4 is 14.4 Å². The van der Waals surface area contributed by atoms with E-state index in [4.69, 9.17) is 4.74 Å². The average molecular weight is 515 g/mol. The van der Waals surface area contributed by atoms with Gasteiger partial charge in [-0.25, -0.2) is 8.42 Å². The second-order valence-corrected chi connectivity index (χ2v) is 10.1. The van der Waals surface area contributed by atoms with Crippen LogP contribution in [0.15, 0.2) is 108 Å². The average Bonchev–Trinajstić information content (AvgIpc) is 2.92. The maximum Gasteiger partial charge on any atom is 0.264 e. The van der Waals surface area contributed by atoms with Crippen molar-refractivity contribution in [2.45, 2.75) is 18.4 Å². The number of rotatable bonds is 9. The molecule has 7 nitrogen and oxygen atoms in total. The van der Waals surface area contributed by atoms with Gasteiger partial charge in [0, 0.05) is 11.3 Å². The lowest BCUT2D eigenvalue weighted by Crippen LogP contribution is -2.32. The van der Waals surface area contributed by atoms with Crippen molar-refractivity contribution in [2.75, 3.05) is 16.7 Å². The number of hydrogen-bond donors (Lipinski definition) is 1. The molecule has 0 saturated heterocycles. The molecule has 4 aromatic carbocycles. The van der Waals surface area contributed by atoms with Crippen LogP contribution in [0.4, 0.5) is 11.4 Å². The third-order valence-corrected chi connectivity index (χ3v) is 7.53. The number of nitrogens with zero attached hydrogens (tertiary/aromatic N) is 1. The first-order valence-corrected chi connectivity index (χ1v) is 13.0. The number of nitrogens with one attached hydrogen (secondary N) is 1. The molecule has 0 atom stereocenters. The number of benzene rings is 4. The normalized spacial score (nSPS) is 11.0. The third-order valence-electron chi connectivity index (χ3n) is 5.76. The summed E-state index contributed by atoms with van der Waals surface area (Å²) < 4.78 is 34.2. The zero-order valence-corrected chi connectivity index (χ0v) is 21.2. The van der Waals surface area contributed by atoms with Gasteiger partial charge in [-0.3, -0.25) is 13.9 Å². The first-order chi connectivity index (χ1) is 17.8. The van der Waals surface area contributed by atoms with E-state index in [1.807, 2.05) is 30.3 Å². The summed E-state index contributed by atoms with van der Waals surface area (Å²) >= 11 is 0. The fourth-order valence-electron chi connectivity index (χ4n) is 3.82. The van der Waals surface area contributed by atoms with Crippen LogP contribution in [0.3, 0.4) is 0 Å². The summed E-state index contributed by atoms with van der Waals surface area (Å²) in [6, 6.07) is 28.4. The van der Waals surface area contributed by atoms with Gasteiger partial charge in [-0.1, -0.05) is 54.6 Å². The molecule has 0 aliphatic rings. The highest BCUT2D eigenvalue weighted by molar-refractivity contribution is 7.92. The molecule has 4 rings (SSSR count). The largest absolute Gasteiger partial charge is 0.497 e. The van der Waals surface area contributed by atoms with Crippen LogP contribution in [0, 0.1) is 0 Å². The van der Waals surface area contributed by atoms with E-state index in [1.54, 1.807) is 60.7 Å². The second-order valence-electron chi connectivity index (χ2n) is 8.28. The fourth-order valence-corrected chi connectivity index (χ4v) is 5.29. The van der Waals surface area contributed by atoms with Gasteiger partial charge in [0.1, 0.15) is 5.75 Å². The Morgan fingerprint density at radius 1 is 0.838 bits per heavy atom. The summed E-state index contributed by atoms with van der Waals surface area (Å²) in [6.07, 6.45) is 0. The minimum atomic E-state index is -4.07. The molecule has 188 valence electrons. The first-order valence-electron chi connectivity index (χ1n) is 11.5. The van der Waals surface area contributed by atoms with Gasteiger partial charge in [0.05, 0.1) is 29.8 Å². The molecule has 37 heavy (non-hydrogen) atoms. The van der Waals surface area contributed by atoms with Gasteiger partial charge < -0.3 is 10.1 Å². The smallest absolute Gasteiger partial charge is 0.264 e. The van der Waals surface area contributed by atoms with E-state index in [1.165, 1.54) is 30.5 Å². The lowest BCUT2D eigenvalue weighted by atomic mass is 10.1. The molecule has 8 heteroatoms. The summed E-state index contributed by atoms with van der Waals surface area (Å²) in [4.78, 5) is 25.2. The van der Waals surface area contributed by atoms with Crippen molar-refractivity contribution in [2.24, 2.45) is 0 Å². The Morgan fingerprint density at radius 2 is 1.51 bits per heavy atom. The number of ketones is 1. The zero-order chi connectivity index (χ0) is 26.4. The van der Waals surface area contributed by atoms with E-state index in [-0.39, 0.29) is 28.5 Å². The van der Waals surface area contributed by atoms with E-state index in [0.717, 1.165) is 5.56 Å². The SMILES string of the molecule is COc1ccc(S(=O)(=O)N(Cc2ccccc2)c2ccccc2C(=O)Nc2cccc(C(C)=O)c2)cc1. The standard InChI is InChI=1S/C29H26N2O5S/c1-21(32)23-11-8-12-24(19-23)30-29(33)27-13-6-7-14-28(27)31(20-22-9-4-3-5-10-22)37(34,35)26-17-15-25(36-2)16-18-26/h3-19H,20H2,1-2H3,(H,30,33).